The molecule has 0 N–H and O–H groups in total. The van der Waals surface area contributed by atoms with Gasteiger partial charge in [-0.1, -0.05) is 0 Å². The molecule has 0 aromatic rings. The molecular weight excluding hydrogens is 101 g/mol. The van der Waals surface area contributed by atoms with Gasteiger partial charge in [0, 0.05) is 13.8 Å². The molecule has 0 heterocycles. The van der Waals surface area contributed by atoms with Crippen molar-refractivity contribution in [2.24, 2.45) is 0 Å². The monoisotopic (exact) mass is 107 g/mol. The molecule has 0 spiro atoms. The van der Waals surface area contributed by atoms with Gasteiger partial charge in [-0.2, -0.15) is 4.39 Å². The Kier molecular flexibility index (Phi) is 1.30. The minimum atomic E-state index is -2.28. The van der Waals surface area contributed by atoms with E-state index in [0.717, 1.165) is 13.8 Å². The molecule has 0 atom stereocenters. The van der Waals surface area contributed by atoms with Gasteiger partial charge >= 0.3 is 5.79 Å². The fraction of sp³-hybridized carbons (Fsp3) is 1.00. The number of halogens is 1. The van der Waals surface area contributed by atoms with Crippen LogP contribution in [0.2, 0.25) is 0 Å². The highest BCUT2D eigenvalue weighted by Gasteiger charge is 2.28. The molecule has 0 radical (unpaired) electrons. The standard InChI is InChI=1S/C3H6FNO2/c1-3(2,4)5(6)7/h1-2H3. The summed E-state index contributed by atoms with van der Waals surface area (Å²) in [6.45, 7) is 1.79. The topological polar surface area (TPSA) is 43.1 Å². The Morgan fingerprint density at radius 3 is 1.86 bits per heavy atom. The first-order chi connectivity index (χ1) is 2.94. The molecule has 0 fully saturated rings. The Hall–Kier alpha value is -0.670. The highest BCUT2D eigenvalue weighted by atomic mass is 19.1. The second kappa shape index (κ2) is 1.44. The smallest absolute Gasteiger partial charge is 0.261 e. The second-order valence-corrected chi connectivity index (χ2v) is 1.67. The molecule has 0 unspecified atom stereocenters. The summed E-state index contributed by atoms with van der Waals surface area (Å²) >= 11 is 0. The number of nitro groups is 1. The van der Waals surface area contributed by atoms with Crippen molar-refractivity contribution in [3.8, 4) is 0 Å². The second-order valence-electron chi connectivity index (χ2n) is 1.67. The highest BCUT2D eigenvalue weighted by molar-refractivity contribution is 4.43. The van der Waals surface area contributed by atoms with Gasteiger partial charge in [-0.25, -0.2) is 0 Å². The maximum Gasteiger partial charge on any atom is 0.353 e. The van der Waals surface area contributed by atoms with Crippen LogP contribution in [0.25, 0.3) is 0 Å². The van der Waals surface area contributed by atoms with Crippen LogP contribution in [0.1, 0.15) is 13.8 Å². The molecule has 3 nitrogen and oxygen atoms in total. The van der Waals surface area contributed by atoms with Crippen molar-refractivity contribution < 1.29 is 9.31 Å². The van der Waals surface area contributed by atoms with Crippen LogP contribution in [-0.4, -0.2) is 10.7 Å². The van der Waals surface area contributed by atoms with E-state index < -0.39 is 10.7 Å². The van der Waals surface area contributed by atoms with Crippen LogP contribution in [0.15, 0.2) is 0 Å². The molecule has 0 amide bonds. The summed E-state index contributed by atoms with van der Waals surface area (Å²) in [4.78, 5) is 8.47. The summed E-state index contributed by atoms with van der Waals surface area (Å²) in [6, 6.07) is 0. The third-order valence-electron chi connectivity index (χ3n) is 0.434. The number of alkyl halides is 1. The third-order valence-corrected chi connectivity index (χ3v) is 0.434. The maximum absolute atomic E-state index is 11.8. The van der Waals surface area contributed by atoms with Crippen LogP contribution in [-0.2, 0) is 0 Å². The fourth-order valence-electron chi connectivity index (χ4n) is 0. The van der Waals surface area contributed by atoms with Crippen molar-refractivity contribution in [3.63, 3.8) is 0 Å². The van der Waals surface area contributed by atoms with Gasteiger partial charge in [-0.05, 0) is 0 Å². The molecule has 42 valence electrons. The van der Waals surface area contributed by atoms with Crippen molar-refractivity contribution in [2.45, 2.75) is 19.6 Å². The van der Waals surface area contributed by atoms with E-state index in [2.05, 4.69) is 0 Å². The van der Waals surface area contributed by atoms with Crippen molar-refractivity contribution in [2.75, 3.05) is 0 Å². The van der Waals surface area contributed by atoms with E-state index in [1.807, 2.05) is 0 Å². The van der Waals surface area contributed by atoms with E-state index in [-0.39, 0.29) is 0 Å². The van der Waals surface area contributed by atoms with Gasteiger partial charge in [0.25, 0.3) is 0 Å². The Balaban J connectivity index is 3.79. The zero-order chi connectivity index (χ0) is 6.08. The highest BCUT2D eigenvalue weighted by Crippen LogP contribution is 2.06. The van der Waals surface area contributed by atoms with Gasteiger partial charge in [0.1, 0.15) is 0 Å². The number of hydrogen-bond donors (Lipinski definition) is 0. The molecule has 0 bridgehead atoms. The number of hydrogen-bond acceptors (Lipinski definition) is 2. The largest absolute Gasteiger partial charge is 0.353 e. The predicted molar refractivity (Wildman–Crippen MR) is 22.2 cm³/mol. The third kappa shape index (κ3) is 2.08. The van der Waals surface area contributed by atoms with E-state index in [1.165, 1.54) is 0 Å². The quantitative estimate of drug-likeness (QED) is 0.284. The zero-order valence-corrected chi connectivity index (χ0v) is 4.14. The summed E-state index contributed by atoms with van der Waals surface area (Å²) in [6.07, 6.45) is 0. The van der Waals surface area contributed by atoms with Gasteiger partial charge in [-0.3, -0.25) is 10.1 Å². The molecule has 0 aliphatic rings. The lowest BCUT2D eigenvalue weighted by Gasteiger charge is -2.00. The molecule has 7 heavy (non-hydrogen) atoms. The lowest BCUT2D eigenvalue weighted by Crippen LogP contribution is -2.23. The first kappa shape index (κ1) is 6.33. The van der Waals surface area contributed by atoms with Crippen LogP contribution in [0, 0.1) is 10.1 Å². The SMILES string of the molecule is CC(C)(F)[N+](=O)[O-]. The number of rotatable bonds is 1. The van der Waals surface area contributed by atoms with Crippen molar-refractivity contribution in [1.29, 1.82) is 0 Å². The molecule has 0 rings (SSSR count). The minimum Gasteiger partial charge on any atom is -0.261 e. The lowest BCUT2D eigenvalue weighted by atomic mass is 10.4. The molecule has 0 aromatic carbocycles. The average molecular weight is 107 g/mol. The van der Waals surface area contributed by atoms with Crippen molar-refractivity contribution >= 4 is 0 Å². The van der Waals surface area contributed by atoms with Crippen LogP contribution < -0.4 is 0 Å². The maximum atomic E-state index is 11.8. The van der Waals surface area contributed by atoms with Gasteiger partial charge in [0.05, 0.1) is 4.92 Å². The van der Waals surface area contributed by atoms with E-state index in [0.29, 0.717) is 0 Å². The van der Waals surface area contributed by atoms with E-state index in [9.17, 15) is 14.5 Å². The summed E-state index contributed by atoms with van der Waals surface area (Å²) in [5.41, 5.74) is 0. The summed E-state index contributed by atoms with van der Waals surface area (Å²) in [5, 5.41) is 9.45. The fourth-order valence-corrected chi connectivity index (χ4v) is 0. The van der Waals surface area contributed by atoms with Crippen LogP contribution in [0.5, 0.6) is 0 Å². The number of nitrogens with zero attached hydrogens (tertiary/aromatic N) is 1. The molecular formula is C3H6FNO2. The summed E-state index contributed by atoms with van der Waals surface area (Å²) < 4.78 is 11.8. The van der Waals surface area contributed by atoms with Gasteiger partial charge in [0.15, 0.2) is 0 Å². The summed E-state index contributed by atoms with van der Waals surface area (Å²) in [5.74, 6) is -2.28. The van der Waals surface area contributed by atoms with E-state index in [4.69, 9.17) is 0 Å². The first-order valence-corrected chi connectivity index (χ1v) is 1.78. The lowest BCUT2D eigenvalue weighted by molar-refractivity contribution is -0.595. The Morgan fingerprint density at radius 1 is 1.71 bits per heavy atom. The van der Waals surface area contributed by atoms with Gasteiger partial charge < -0.3 is 0 Å². The van der Waals surface area contributed by atoms with Crippen LogP contribution in [0.4, 0.5) is 4.39 Å². The van der Waals surface area contributed by atoms with Crippen molar-refractivity contribution in [1.82, 2.24) is 0 Å². The molecule has 4 heteroatoms. The average Bonchev–Trinajstić information content (AvgIpc) is 1.31. The van der Waals surface area contributed by atoms with E-state index in [1.54, 1.807) is 0 Å². The van der Waals surface area contributed by atoms with Gasteiger partial charge in [-0.15, -0.1) is 0 Å². The first-order valence-electron chi connectivity index (χ1n) is 1.78. The normalized spacial score (nSPS) is 11.3. The Morgan fingerprint density at radius 2 is 1.86 bits per heavy atom. The molecule has 0 aliphatic heterocycles. The molecule has 0 saturated carbocycles. The summed E-state index contributed by atoms with van der Waals surface area (Å²) in [7, 11) is 0. The zero-order valence-electron chi connectivity index (χ0n) is 4.14. The van der Waals surface area contributed by atoms with Gasteiger partial charge in [0.2, 0.25) is 0 Å². The van der Waals surface area contributed by atoms with Crippen LogP contribution in [0.3, 0.4) is 0 Å². The molecule has 0 saturated heterocycles. The Labute approximate surface area is 40.3 Å². The predicted octanol–water partition coefficient (Wildman–Crippen LogP) is 0.969. The van der Waals surface area contributed by atoms with Crippen LogP contribution >= 0.6 is 0 Å². The van der Waals surface area contributed by atoms with E-state index >= 15 is 0 Å². The molecule has 0 aromatic heterocycles. The molecule has 0 aliphatic carbocycles. The minimum absolute atomic E-state index is 0.896. The Bertz CT molecular complexity index is 85.4. The van der Waals surface area contributed by atoms with Crippen molar-refractivity contribution in [3.05, 3.63) is 10.1 Å².